The maximum atomic E-state index is 13.0. The molecule has 0 heterocycles. The maximum absolute atomic E-state index is 13.0. The van der Waals surface area contributed by atoms with Crippen LogP contribution in [-0.4, -0.2) is 17.8 Å². The van der Waals surface area contributed by atoms with E-state index in [4.69, 9.17) is 11.6 Å². The molecule has 1 aliphatic carbocycles. The van der Waals surface area contributed by atoms with E-state index in [-0.39, 0.29) is 21.3 Å². The summed E-state index contributed by atoms with van der Waals surface area (Å²) < 4.78 is 39.2. The van der Waals surface area contributed by atoms with Gasteiger partial charge in [-0.1, -0.05) is 15.9 Å². The molecule has 0 aliphatic heterocycles. The number of carbonyl (C=O) groups is 1. The number of amides is 1. The van der Waals surface area contributed by atoms with Gasteiger partial charge in [-0.3, -0.25) is 4.79 Å². The molecule has 2 rings (SSSR count). The highest BCUT2D eigenvalue weighted by atomic mass is 79.9. The summed E-state index contributed by atoms with van der Waals surface area (Å²) in [5.41, 5.74) is -1.29. The van der Waals surface area contributed by atoms with Crippen molar-refractivity contribution in [1.82, 2.24) is 5.32 Å². The van der Waals surface area contributed by atoms with Gasteiger partial charge in [0.15, 0.2) is 0 Å². The minimum Gasteiger partial charge on any atom is -0.352 e. The van der Waals surface area contributed by atoms with Crippen LogP contribution in [0.3, 0.4) is 0 Å². The minimum atomic E-state index is -4.56. The predicted octanol–water partition coefficient (Wildman–Crippen LogP) is 4.61. The Kier molecular flexibility index (Phi) is 5.20. The van der Waals surface area contributed by atoms with Crippen LogP contribution in [0.5, 0.6) is 0 Å². The Morgan fingerprint density at radius 3 is 2.67 bits per heavy atom. The van der Waals surface area contributed by atoms with Crippen molar-refractivity contribution in [3.05, 3.63) is 33.8 Å². The zero-order valence-electron chi connectivity index (χ0n) is 11.0. The van der Waals surface area contributed by atoms with E-state index in [0.29, 0.717) is 6.54 Å². The molecule has 116 valence electrons. The van der Waals surface area contributed by atoms with E-state index in [2.05, 4.69) is 21.2 Å². The van der Waals surface area contributed by atoms with Gasteiger partial charge < -0.3 is 5.32 Å². The molecule has 0 saturated heterocycles. The van der Waals surface area contributed by atoms with Gasteiger partial charge in [-0.25, -0.2) is 0 Å². The summed E-state index contributed by atoms with van der Waals surface area (Å²) >= 11 is 8.97. The molecular weight excluding hydrogens is 371 g/mol. The molecular formula is C14H14BrClF3NO. The summed E-state index contributed by atoms with van der Waals surface area (Å²) in [5, 5.41) is 2.68. The number of hydrogen-bond acceptors (Lipinski definition) is 1. The number of carbonyl (C=O) groups excluding carboxylic acids is 1. The largest absolute Gasteiger partial charge is 0.417 e. The number of nitrogens with one attached hydrogen (secondary N) is 1. The lowest BCUT2D eigenvalue weighted by molar-refractivity contribution is -0.138. The zero-order valence-corrected chi connectivity index (χ0v) is 13.4. The molecule has 1 fully saturated rings. The molecule has 2 atom stereocenters. The van der Waals surface area contributed by atoms with Gasteiger partial charge in [-0.2, -0.15) is 13.2 Å². The lowest BCUT2D eigenvalue weighted by Gasteiger charge is -2.15. The summed E-state index contributed by atoms with van der Waals surface area (Å²) in [7, 11) is 0. The van der Waals surface area contributed by atoms with Gasteiger partial charge in [-0.15, -0.1) is 11.6 Å². The molecule has 1 aromatic rings. The van der Waals surface area contributed by atoms with Gasteiger partial charge in [0.05, 0.1) is 11.1 Å². The van der Waals surface area contributed by atoms with Crippen LogP contribution in [-0.2, 0) is 6.18 Å². The van der Waals surface area contributed by atoms with E-state index in [1.165, 1.54) is 12.1 Å². The van der Waals surface area contributed by atoms with Gasteiger partial charge >= 0.3 is 6.18 Å². The second-order valence-corrected chi connectivity index (χ2v) is 6.71. The predicted molar refractivity (Wildman–Crippen MR) is 78.5 cm³/mol. The standard InChI is InChI=1S/C14H14BrClF3NO/c15-9-2-4-11(12(6-9)14(17,18)19)13(21)20-7-8-1-3-10(16)5-8/h2,4,6,8,10H,1,3,5,7H2,(H,20,21). The van der Waals surface area contributed by atoms with Crippen LogP contribution in [0, 0.1) is 5.92 Å². The second-order valence-electron chi connectivity index (χ2n) is 5.17. The molecule has 0 spiro atoms. The van der Waals surface area contributed by atoms with Gasteiger partial charge in [0.1, 0.15) is 0 Å². The second kappa shape index (κ2) is 6.57. The van der Waals surface area contributed by atoms with Gasteiger partial charge in [0.25, 0.3) is 5.91 Å². The highest BCUT2D eigenvalue weighted by molar-refractivity contribution is 9.10. The van der Waals surface area contributed by atoms with E-state index in [1.807, 2.05) is 0 Å². The molecule has 0 bridgehead atoms. The summed E-state index contributed by atoms with van der Waals surface area (Å²) in [6, 6.07) is 3.52. The summed E-state index contributed by atoms with van der Waals surface area (Å²) in [4.78, 5) is 12.0. The molecule has 21 heavy (non-hydrogen) atoms. The molecule has 1 aliphatic rings. The van der Waals surface area contributed by atoms with Crippen LogP contribution in [0.25, 0.3) is 0 Å². The quantitative estimate of drug-likeness (QED) is 0.758. The third-order valence-electron chi connectivity index (χ3n) is 3.56. The van der Waals surface area contributed by atoms with E-state index >= 15 is 0 Å². The Balaban J connectivity index is 2.08. The van der Waals surface area contributed by atoms with Crippen LogP contribution >= 0.6 is 27.5 Å². The molecule has 7 heteroatoms. The van der Waals surface area contributed by atoms with Crippen molar-refractivity contribution in [2.24, 2.45) is 5.92 Å². The SMILES string of the molecule is O=C(NCC1CCC(Cl)C1)c1ccc(Br)cc1C(F)(F)F. The van der Waals surface area contributed by atoms with E-state index in [1.54, 1.807) is 0 Å². The minimum absolute atomic E-state index is 0.102. The van der Waals surface area contributed by atoms with Crippen molar-refractivity contribution in [2.45, 2.75) is 30.8 Å². The van der Waals surface area contributed by atoms with Crippen LogP contribution < -0.4 is 5.32 Å². The number of alkyl halides is 4. The maximum Gasteiger partial charge on any atom is 0.417 e. The fourth-order valence-corrected chi connectivity index (χ4v) is 3.22. The van der Waals surface area contributed by atoms with Crippen LogP contribution in [0.15, 0.2) is 22.7 Å². The Morgan fingerprint density at radius 2 is 2.10 bits per heavy atom. The van der Waals surface area contributed by atoms with Crippen molar-refractivity contribution >= 4 is 33.4 Å². The summed E-state index contributed by atoms with van der Waals surface area (Å²) in [6.45, 7) is 0.357. The summed E-state index contributed by atoms with van der Waals surface area (Å²) in [6.07, 6.45) is -2.01. The zero-order chi connectivity index (χ0) is 15.6. The number of benzene rings is 1. The van der Waals surface area contributed by atoms with Crippen LogP contribution in [0.4, 0.5) is 13.2 Å². The Hall–Kier alpha value is -0.750. The molecule has 1 N–H and O–H groups in total. The van der Waals surface area contributed by atoms with Crippen molar-refractivity contribution < 1.29 is 18.0 Å². The normalized spacial score (nSPS) is 22.3. The number of halogens is 5. The van der Waals surface area contributed by atoms with Gasteiger partial charge in [0, 0.05) is 16.4 Å². The molecule has 2 unspecified atom stereocenters. The first-order valence-electron chi connectivity index (χ1n) is 6.56. The monoisotopic (exact) mass is 383 g/mol. The Morgan fingerprint density at radius 1 is 1.38 bits per heavy atom. The third kappa shape index (κ3) is 4.36. The van der Waals surface area contributed by atoms with Gasteiger partial charge in [0.2, 0.25) is 0 Å². The van der Waals surface area contributed by atoms with Crippen molar-refractivity contribution in [3.63, 3.8) is 0 Å². The van der Waals surface area contributed by atoms with Crippen LogP contribution in [0.2, 0.25) is 0 Å². The first-order chi connectivity index (χ1) is 9.77. The van der Waals surface area contributed by atoms with Crippen LogP contribution in [0.1, 0.15) is 35.2 Å². The first-order valence-corrected chi connectivity index (χ1v) is 7.79. The van der Waals surface area contributed by atoms with E-state index in [9.17, 15) is 18.0 Å². The number of rotatable bonds is 3. The molecule has 0 aromatic heterocycles. The Labute approximate surface area is 134 Å². The lowest BCUT2D eigenvalue weighted by atomic mass is 10.1. The lowest BCUT2D eigenvalue weighted by Crippen LogP contribution is -2.30. The molecule has 2 nitrogen and oxygen atoms in total. The van der Waals surface area contributed by atoms with Crippen molar-refractivity contribution in [2.75, 3.05) is 6.54 Å². The van der Waals surface area contributed by atoms with Crippen molar-refractivity contribution in [3.8, 4) is 0 Å². The van der Waals surface area contributed by atoms with Gasteiger partial charge in [-0.05, 0) is 43.4 Å². The molecule has 1 saturated carbocycles. The highest BCUT2D eigenvalue weighted by Crippen LogP contribution is 2.34. The van der Waals surface area contributed by atoms with E-state index in [0.717, 1.165) is 25.3 Å². The average molecular weight is 385 g/mol. The van der Waals surface area contributed by atoms with E-state index < -0.39 is 17.6 Å². The average Bonchev–Trinajstić information content (AvgIpc) is 2.81. The topological polar surface area (TPSA) is 29.1 Å². The molecule has 0 radical (unpaired) electrons. The molecule has 1 aromatic carbocycles. The molecule has 1 amide bonds. The fourth-order valence-electron chi connectivity index (χ4n) is 2.48. The fraction of sp³-hybridized carbons (Fsp3) is 0.500. The van der Waals surface area contributed by atoms with Crippen molar-refractivity contribution in [1.29, 1.82) is 0 Å². The highest BCUT2D eigenvalue weighted by Gasteiger charge is 2.35. The first kappa shape index (κ1) is 16.6. The third-order valence-corrected chi connectivity index (χ3v) is 4.45. The smallest absolute Gasteiger partial charge is 0.352 e. The number of hydrogen-bond donors (Lipinski definition) is 1. The Bertz CT molecular complexity index is 535. The summed E-state index contributed by atoms with van der Waals surface area (Å²) in [5.74, 6) is -0.464.